The number of hydrogen-bond donors (Lipinski definition) is 3. The average Bonchev–Trinajstić information content (AvgIpc) is 2.13. The third-order valence-electron chi connectivity index (χ3n) is 1.55. The highest BCUT2D eigenvalue weighted by molar-refractivity contribution is 5.87. The molecule has 15 heavy (non-hydrogen) atoms. The van der Waals surface area contributed by atoms with E-state index in [-0.39, 0.29) is 24.9 Å². The standard InChI is InChI=1S/C10H17N3O2/c1-4-5-8(11)10(15)12-6-9(14)13-7(2)3/h1,7-8H,5-6,11H2,2-3H3,(H,12,15)(H,13,14). The molecule has 0 heterocycles. The second kappa shape index (κ2) is 6.85. The van der Waals surface area contributed by atoms with Crippen LogP contribution in [0.15, 0.2) is 0 Å². The summed E-state index contributed by atoms with van der Waals surface area (Å²) in [5.41, 5.74) is 5.43. The molecule has 5 heteroatoms. The molecule has 0 aliphatic carbocycles. The molecule has 4 N–H and O–H groups in total. The lowest BCUT2D eigenvalue weighted by atomic mass is 10.2. The molecule has 0 bridgehead atoms. The van der Waals surface area contributed by atoms with Crippen LogP contribution in [0.4, 0.5) is 0 Å². The summed E-state index contributed by atoms with van der Waals surface area (Å²) in [6, 6.07) is -0.698. The maximum absolute atomic E-state index is 11.2. The van der Waals surface area contributed by atoms with Gasteiger partial charge in [0.05, 0.1) is 12.6 Å². The number of carbonyl (C=O) groups excluding carboxylic acids is 2. The molecule has 0 radical (unpaired) electrons. The first-order chi connectivity index (χ1) is 6.97. The first-order valence-corrected chi connectivity index (χ1v) is 4.73. The number of nitrogens with one attached hydrogen (secondary N) is 2. The van der Waals surface area contributed by atoms with Crippen molar-refractivity contribution in [3.63, 3.8) is 0 Å². The Bertz CT molecular complexity index is 268. The summed E-state index contributed by atoms with van der Waals surface area (Å²) in [6.45, 7) is 3.60. The molecule has 0 rings (SSSR count). The van der Waals surface area contributed by atoms with Crippen LogP contribution in [-0.4, -0.2) is 30.4 Å². The summed E-state index contributed by atoms with van der Waals surface area (Å²) in [7, 11) is 0. The van der Waals surface area contributed by atoms with Gasteiger partial charge in [0.15, 0.2) is 0 Å². The molecule has 0 aromatic rings. The molecular weight excluding hydrogens is 194 g/mol. The van der Waals surface area contributed by atoms with Gasteiger partial charge in [-0.3, -0.25) is 9.59 Å². The third-order valence-corrected chi connectivity index (χ3v) is 1.55. The minimum atomic E-state index is -0.748. The van der Waals surface area contributed by atoms with Crippen LogP contribution in [0.1, 0.15) is 20.3 Å². The number of carbonyl (C=O) groups is 2. The molecule has 0 aromatic carbocycles. The van der Waals surface area contributed by atoms with E-state index in [2.05, 4.69) is 16.6 Å². The van der Waals surface area contributed by atoms with Gasteiger partial charge in [-0.15, -0.1) is 12.3 Å². The lowest BCUT2D eigenvalue weighted by Crippen LogP contribution is -2.45. The lowest BCUT2D eigenvalue weighted by molar-refractivity contribution is -0.127. The second-order valence-corrected chi connectivity index (χ2v) is 3.45. The molecule has 0 aliphatic heterocycles. The zero-order valence-corrected chi connectivity index (χ0v) is 9.04. The van der Waals surface area contributed by atoms with E-state index in [1.54, 1.807) is 0 Å². The molecule has 84 valence electrons. The van der Waals surface area contributed by atoms with E-state index in [1.807, 2.05) is 13.8 Å². The highest BCUT2D eigenvalue weighted by atomic mass is 16.2. The number of hydrogen-bond acceptors (Lipinski definition) is 3. The molecule has 0 saturated heterocycles. The van der Waals surface area contributed by atoms with Gasteiger partial charge in [0.25, 0.3) is 0 Å². The van der Waals surface area contributed by atoms with E-state index in [9.17, 15) is 9.59 Å². The summed E-state index contributed by atoms with van der Waals surface area (Å²) in [6.07, 6.45) is 5.16. The van der Waals surface area contributed by atoms with Gasteiger partial charge in [0.1, 0.15) is 0 Å². The first kappa shape index (κ1) is 13.5. The van der Waals surface area contributed by atoms with Crippen LogP contribution < -0.4 is 16.4 Å². The summed E-state index contributed by atoms with van der Waals surface area (Å²) < 4.78 is 0. The van der Waals surface area contributed by atoms with E-state index in [4.69, 9.17) is 12.2 Å². The summed E-state index contributed by atoms with van der Waals surface area (Å²) in [5.74, 6) is 1.63. The van der Waals surface area contributed by atoms with Gasteiger partial charge in [-0.05, 0) is 13.8 Å². The largest absolute Gasteiger partial charge is 0.352 e. The van der Waals surface area contributed by atoms with Gasteiger partial charge in [-0.1, -0.05) is 0 Å². The predicted octanol–water partition coefficient (Wildman–Crippen LogP) is -1.02. The average molecular weight is 211 g/mol. The molecule has 2 amide bonds. The Morgan fingerprint density at radius 2 is 2.07 bits per heavy atom. The van der Waals surface area contributed by atoms with Gasteiger partial charge in [0, 0.05) is 12.5 Å². The molecule has 0 aromatic heterocycles. The second-order valence-electron chi connectivity index (χ2n) is 3.45. The molecule has 0 aliphatic rings. The maximum Gasteiger partial charge on any atom is 0.239 e. The van der Waals surface area contributed by atoms with Crippen molar-refractivity contribution in [1.29, 1.82) is 0 Å². The Balaban J connectivity index is 3.81. The van der Waals surface area contributed by atoms with Crippen molar-refractivity contribution in [3.8, 4) is 12.3 Å². The Hall–Kier alpha value is -1.54. The lowest BCUT2D eigenvalue weighted by Gasteiger charge is -2.11. The maximum atomic E-state index is 11.2. The fraction of sp³-hybridized carbons (Fsp3) is 0.600. The summed E-state index contributed by atoms with van der Waals surface area (Å²) in [4.78, 5) is 22.3. The Morgan fingerprint density at radius 1 is 1.47 bits per heavy atom. The van der Waals surface area contributed by atoms with Crippen molar-refractivity contribution in [2.24, 2.45) is 5.73 Å². The molecular formula is C10H17N3O2. The van der Waals surface area contributed by atoms with Crippen LogP contribution in [0.2, 0.25) is 0 Å². The van der Waals surface area contributed by atoms with Gasteiger partial charge in [0.2, 0.25) is 11.8 Å². The summed E-state index contributed by atoms with van der Waals surface area (Å²) >= 11 is 0. The van der Waals surface area contributed by atoms with E-state index >= 15 is 0 Å². The Morgan fingerprint density at radius 3 is 2.53 bits per heavy atom. The van der Waals surface area contributed by atoms with Gasteiger partial charge in [-0.2, -0.15) is 0 Å². The fourth-order valence-electron chi connectivity index (χ4n) is 0.891. The van der Waals surface area contributed by atoms with Crippen molar-refractivity contribution in [1.82, 2.24) is 10.6 Å². The van der Waals surface area contributed by atoms with Crippen LogP contribution in [0, 0.1) is 12.3 Å². The van der Waals surface area contributed by atoms with E-state index in [0.717, 1.165) is 0 Å². The van der Waals surface area contributed by atoms with Crippen LogP contribution in [-0.2, 0) is 9.59 Å². The Kier molecular flexibility index (Phi) is 6.14. The zero-order chi connectivity index (χ0) is 11.8. The highest BCUT2D eigenvalue weighted by Gasteiger charge is 2.12. The molecule has 0 spiro atoms. The van der Waals surface area contributed by atoms with Crippen molar-refractivity contribution in [3.05, 3.63) is 0 Å². The number of nitrogens with two attached hydrogens (primary N) is 1. The van der Waals surface area contributed by atoms with Crippen molar-refractivity contribution < 1.29 is 9.59 Å². The highest BCUT2D eigenvalue weighted by Crippen LogP contribution is 1.85. The molecule has 1 atom stereocenters. The first-order valence-electron chi connectivity index (χ1n) is 4.73. The number of amides is 2. The van der Waals surface area contributed by atoms with Crippen LogP contribution >= 0.6 is 0 Å². The monoisotopic (exact) mass is 211 g/mol. The minimum Gasteiger partial charge on any atom is -0.352 e. The smallest absolute Gasteiger partial charge is 0.239 e. The zero-order valence-electron chi connectivity index (χ0n) is 9.04. The Labute approximate surface area is 89.8 Å². The van der Waals surface area contributed by atoms with Crippen molar-refractivity contribution in [2.45, 2.75) is 32.4 Å². The molecule has 0 saturated carbocycles. The topological polar surface area (TPSA) is 84.2 Å². The van der Waals surface area contributed by atoms with Crippen LogP contribution in [0.25, 0.3) is 0 Å². The normalized spacial score (nSPS) is 11.7. The van der Waals surface area contributed by atoms with Gasteiger partial charge >= 0.3 is 0 Å². The summed E-state index contributed by atoms with van der Waals surface area (Å²) in [5, 5.41) is 5.04. The van der Waals surface area contributed by atoms with Crippen molar-refractivity contribution in [2.75, 3.05) is 6.54 Å². The quantitative estimate of drug-likeness (QED) is 0.509. The molecule has 0 fully saturated rings. The van der Waals surface area contributed by atoms with Gasteiger partial charge < -0.3 is 16.4 Å². The molecule has 1 unspecified atom stereocenters. The predicted molar refractivity (Wildman–Crippen MR) is 57.7 cm³/mol. The van der Waals surface area contributed by atoms with E-state index < -0.39 is 11.9 Å². The fourth-order valence-corrected chi connectivity index (χ4v) is 0.891. The number of terminal acetylenes is 1. The minimum absolute atomic E-state index is 0.0498. The van der Waals surface area contributed by atoms with Crippen molar-refractivity contribution >= 4 is 11.8 Å². The van der Waals surface area contributed by atoms with E-state index in [1.165, 1.54) is 0 Å². The third kappa shape index (κ3) is 6.52. The molecule has 5 nitrogen and oxygen atoms in total. The van der Waals surface area contributed by atoms with Crippen LogP contribution in [0.5, 0.6) is 0 Å². The van der Waals surface area contributed by atoms with Crippen LogP contribution in [0.3, 0.4) is 0 Å². The van der Waals surface area contributed by atoms with E-state index in [0.29, 0.717) is 0 Å². The number of rotatable bonds is 5. The SMILES string of the molecule is C#CCC(N)C(=O)NCC(=O)NC(C)C. The van der Waals surface area contributed by atoms with Gasteiger partial charge in [-0.25, -0.2) is 0 Å².